The molecule has 0 aliphatic rings. The van der Waals surface area contributed by atoms with E-state index in [9.17, 15) is 14.0 Å². The summed E-state index contributed by atoms with van der Waals surface area (Å²) in [6, 6.07) is 25.8. The van der Waals surface area contributed by atoms with Gasteiger partial charge in [0.15, 0.2) is 14.3 Å². The highest BCUT2D eigenvalue weighted by Crippen LogP contribution is 2.51. The molecule has 0 amide bonds. The molecule has 12 heteroatoms. The summed E-state index contributed by atoms with van der Waals surface area (Å²) in [5.74, 6) is 2.05. The van der Waals surface area contributed by atoms with E-state index in [-0.39, 0.29) is 5.82 Å². The van der Waals surface area contributed by atoms with E-state index in [1.807, 2.05) is 48.5 Å². The van der Waals surface area contributed by atoms with Crippen LogP contribution in [-0.4, -0.2) is 11.9 Å². The molecule has 1 aromatic heterocycles. The van der Waals surface area contributed by atoms with Gasteiger partial charge in [-0.05, 0) is 165 Å². The number of ether oxygens (including phenoxy) is 4. The van der Waals surface area contributed by atoms with Crippen LogP contribution in [0.15, 0.2) is 109 Å². The van der Waals surface area contributed by atoms with Gasteiger partial charge < -0.3 is 18.9 Å². The van der Waals surface area contributed by atoms with Crippen LogP contribution in [0.1, 0.15) is 13.8 Å². The van der Waals surface area contributed by atoms with Gasteiger partial charge >= 0.3 is 11.9 Å². The summed E-state index contributed by atoms with van der Waals surface area (Å²) in [5.41, 5.74) is 0.624. The molecule has 6 aromatic rings. The Labute approximate surface area is 344 Å². The maximum absolute atomic E-state index is 14.0. The Kier molecular flexibility index (Phi) is 11.4. The highest BCUT2D eigenvalue weighted by atomic mass is 127. The number of rotatable bonds is 9. The van der Waals surface area contributed by atoms with Gasteiger partial charge in [0.05, 0.1) is 25.1 Å². The SMILES string of the molecule is C=C(C)C(=O)Oc1cc(I)c(Oc2ccc3c(c2)c2cc(Oc4cc(I)c(OC(=O)C(=C)C)cc4I)ccc2[s+]3-c2ccc(F)cc2)cc1I. The predicted molar refractivity (Wildman–Crippen MR) is 230 cm³/mol. The number of halogens is 5. The van der Waals surface area contributed by atoms with Crippen LogP contribution >= 0.6 is 101 Å². The minimum atomic E-state index is -0.494. The van der Waals surface area contributed by atoms with Crippen LogP contribution in [0, 0.1) is 20.1 Å². The van der Waals surface area contributed by atoms with Crippen molar-refractivity contribution >= 4 is 133 Å². The Hall–Kier alpha value is -2.81. The van der Waals surface area contributed by atoms with Crippen molar-refractivity contribution in [2.45, 2.75) is 13.8 Å². The fraction of sp³-hybridized carbons (Fsp3) is 0.0526. The fourth-order valence-electron chi connectivity index (χ4n) is 4.83. The molecule has 0 bridgehead atoms. The Morgan fingerprint density at radius 1 is 0.580 bits per heavy atom. The van der Waals surface area contributed by atoms with Crippen molar-refractivity contribution in [2.75, 3.05) is 0 Å². The maximum atomic E-state index is 14.0. The molecule has 0 aliphatic carbocycles. The van der Waals surface area contributed by atoms with Crippen LogP contribution in [0.4, 0.5) is 4.39 Å². The van der Waals surface area contributed by atoms with E-state index in [0.29, 0.717) is 52.8 Å². The van der Waals surface area contributed by atoms with Crippen molar-refractivity contribution in [2.24, 2.45) is 0 Å². The number of hydrogen-bond acceptors (Lipinski definition) is 6. The second kappa shape index (κ2) is 15.4. The number of benzene rings is 5. The Morgan fingerprint density at radius 2 is 0.960 bits per heavy atom. The molecule has 252 valence electrons. The molecule has 0 atom stereocenters. The highest BCUT2D eigenvalue weighted by molar-refractivity contribution is 14.1. The molecule has 6 nitrogen and oxygen atoms in total. The molecule has 1 heterocycles. The van der Waals surface area contributed by atoms with Gasteiger partial charge in [0, 0.05) is 45.9 Å². The third-order valence-corrected chi connectivity index (χ3v) is 12.9. The molecule has 0 radical (unpaired) electrons. The molecular formula is C38H24FI4O6S+. The molecule has 0 N–H and O–H groups in total. The predicted octanol–water partition coefficient (Wildman–Crippen LogP) is 12.8. The Bertz CT molecular complexity index is 2240. The van der Waals surface area contributed by atoms with E-state index >= 15 is 0 Å². The monoisotopic (exact) mass is 1130 g/mol. The lowest BCUT2D eigenvalue weighted by Gasteiger charge is -2.12. The van der Waals surface area contributed by atoms with Crippen molar-refractivity contribution in [3.63, 3.8) is 0 Å². The van der Waals surface area contributed by atoms with Crippen LogP contribution in [-0.2, 0) is 9.59 Å². The Morgan fingerprint density at radius 3 is 1.36 bits per heavy atom. The smallest absolute Gasteiger partial charge is 0.338 e. The maximum Gasteiger partial charge on any atom is 0.338 e. The van der Waals surface area contributed by atoms with Gasteiger partial charge in [-0.2, -0.15) is 0 Å². The quantitative estimate of drug-likeness (QED) is 0.0472. The molecule has 0 unspecified atom stereocenters. The van der Waals surface area contributed by atoms with E-state index in [0.717, 1.165) is 32.2 Å². The summed E-state index contributed by atoms with van der Waals surface area (Å²) >= 11 is 8.54. The summed E-state index contributed by atoms with van der Waals surface area (Å²) in [6.45, 7) is 10.5. The number of esters is 2. The zero-order chi connectivity index (χ0) is 35.9. The topological polar surface area (TPSA) is 71.1 Å². The van der Waals surface area contributed by atoms with Gasteiger partial charge in [0.1, 0.15) is 40.3 Å². The lowest BCUT2D eigenvalue weighted by atomic mass is 10.1. The molecular weight excluding hydrogens is 1110 g/mol. The van der Waals surface area contributed by atoms with E-state index in [2.05, 4.69) is 116 Å². The molecule has 0 aliphatic heterocycles. The molecule has 6 rings (SSSR count). The largest absolute Gasteiger partial charge is 0.456 e. The first kappa shape index (κ1) is 37.0. The summed E-state index contributed by atoms with van der Waals surface area (Å²) in [6.07, 6.45) is 0. The normalized spacial score (nSPS) is 11.0. The van der Waals surface area contributed by atoms with Crippen LogP contribution in [0.2, 0.25) is 0 Å². The minimum absolute atomic E-state index is 0.293. The van der Waals surface area contributed by atoms with Gasteiger partial charge in [-0.3, -0.25) is 0 Å². The van der Waals surface area contributed by atoms with Gasteiger partial charge in [0.2, 0.25) is 0 Å². The summed E-state index contributed by atoms with van der Waals surface area (Å²) in [5, 5.41) is 1.94. The average molecular weight is 1140 g/mol. The van der Waals surface area contributed by atoms with Gasteiger partial charge in [-0.15, -0.1) is 0 Å². The number of carbonyl (C=O) groups excluding carboxylic acids is 2. The van der Waals surface area contributed by atoms with Crippen molar-refractivity contribution in [1.29, 1.82) is 0 Å². The summed E-state index contributed by atoms with van der Waals surface area (Å²) < 4.78 is 42.9. The standard InChI is InChI=1S/C38H24FI4O6S/c1-19(2)37(44)48-33-17-27(40)31(15-29(33)42)46-22-7-11-35-25(13-22)26-14-23(8-12-36(26)50(35)24-9-5-21(39)6-10-24)47-32-16-30(43)34(18-28(32)41)49-38(45)20(3)4/h5-18H,1,3H2,2,4H3/q+1. The van der Waals surface area contributed by atoms with Gasteiger partial charge in [-0.1, -0.05) is 13.2 Å². The second-order valence-electron chi connectivity index (χ2n) is 11.0. The third-order valence-electron chi connectivity index (χ3n) is 7.21. The number of fused-ring (bicyclic) bond motifs is 3. The third kappa shape index (κ3) is 7.98. The van der Waals surface area contributed by atoms with E-state index in [1.54, 1.807) is 26.0 Å². The van der Waals surface area contributed by atoms with Crippen LogP contribution in [0.25, 0.3) is 25.1 Å². The second-order valence-corrected chi connectivity index (χ2v) is 17.7. The average Bonchev–Trinajstić information content (AvgIpc) is 3.38. The number of carbonyl (C=O) groups is 2. The lowest BCUT2D eigenvalue weighted by molar-refractivity contribution is -0.131. The minimum Gasteiger partial charge on any atom is -0.456 e. The van der Waals surface area contributed by atoms with Crippen molar-refractivity contribution < 1.29 is 32.9 Å². The van der Waals surface area contributed by atoms with Crippen molar-refractivity contribution in [3.05, 3.63) is 129 Å². The van der Waals surface area contributed by atoms with E-state index in [4.69, 9.17) is 18.9 Å². The Balaban J connectivity index is 1.41. The lowest BCUT2D eigenvalue weighted by Crippen LogP contribution is -2.09. The van der Waals surface area contributed by atoms with E-state index < -0.39 is 22.4 Å². The summed E-state index contributed by atoms with van der Waals surface area (Å²) in [4.78, 5) is 25.2. The molecule has 5 aromatic carbocycles. The van der Waals surface area contributed by atoms with Crippen LogP contribution in [0.3, 0.4) is 0 Å². The van der Waals surface area contributed by atoms with Crippen molar-refractivity contribution in [1.82, 2.24) is 0 Å². The molecule has 0 saturated heterocycles. The number of hydrogen-bond donors (Lipinski definition) is 0. The van der Waals surface area contributed by atoms with Crippen LogP contribution < -0.4 is 18.9 Å². The zero-order valence-corrected chi connectivity index (χ0v) is 35.7. The highest BCUT2D eigenvalue weighted by Gasteiger charge is 2.26. The molecule has 0 spiro atoms. The van der Waals surface area contributed by atoms with Crippen molar-refractivity contribution in [3.8, 4) is 39.4 Å². The summed E-state index contributed by atoms with van der Waals surface area (Å²) in [7, 11) is -0.494. The first-order valence-corrected chi connectivity index (χ1v) is 20.2. The van der Waals surface area contributed by atoms with Gasteiger partial charge in [-0.25, -0.2) is 14.0 Å². The van der Waals surface area contributed by atoms with E-state index in [1.165, 1.54) is 12.1 Å². The first-order chi connectivity index (χ1) is 23.8. The zero-order valence-electron chi connectivity index (χ0n) is 26.2. The molecule has 50 heavy (non-hydrogen) atoms. The van der Waals surface area contributed by atoms with Crippen LogP contribution in [0.5, 0.6) is 34.5 Å². The van der Waals surface area contributed by atoms with Gasteiger partial charge in [0.25, 0.3) is 0 Å². The molecule has 0 saturated carbocycles. The first-order valence-electron chi connectivity index (χ1n) is 14.7. The molecule has 0 fully saturated rings. The fourth-order valence-corrected chi connectivity index (χ4v) is 9.36. The number of thiophene rings is 1.